The van der Waals surface area contributed by atoms with E-state index in [-0.39, 0.29) is 12.2 Å². The van der Waals surface area contributed by atoms with Crippen molar-refractivity contribution < 1.29 is 14.7 Å². The number of hydrogen-bond donors (Lipinski definition) is 2. The lowest BCUT2D eigenvalue weighted by atomic mass is 9.91. The number of H-pyrrole nitrogens is 1. The number of aromatic amines is 1. The van der Waals surface area contributed by atoms with Crippen LogP contribution in [0, 0.1) is 0 Å². The van der Waals surface area contributed by atoms with Crippen molar-refractivity contribution in [2.75, 3.05) is 19.0 Å². The van der Waals surface area contributed by atoms with E-state index in [1.165, 1.54) is 0 Å². The predicted octanol–water partition coefficient (Wildman–Crippen LogP) is 3.68. The number of hydrogen-bond acceptors (Lipinski definition) is 3. The monoisotopic (exact) mass is 336 g/mol. The maximum Gasteiger partial charge on any atom is 0.311 e. The smallest absolute Gasteiger partial charge is 0.311 e. The molecule has 25 heavy (non-hydrogen) atoms. The summed E-state index contributed by atoms with van der Waals surface area (Å²) in [4.78, 5) is 29.4. The molecule has 0 aliphatic carbocycles. The van der Waals surface area contributed by atoms with Gasteiger partial charge in [0.15, 0.2) is 5.78 Å². The minimum atomic E-state index is -0.997. The van der Waals surface area contributed by atoms with E-state index in [0.29, 0.717) is 11.1 Å². The van der Waals surface area contributed by atoms with Crippen LogP contribution in [0.25, 0.3) is 10.9 Å². The van der Waals surface area contributed by atoms with Gasteiger partial charge in [0, 0.05) is 48.9 Å². The summed E-state index contributed by atoms with van der Waals surface area (Å²) in [5, 5.41) is 10.5. The minimum absolute atomic E-state index is 0.0709. The first-order valence-electron chi connectivity index (χ1n) is 8.07. The quantitative estimate of drug-likeness (QED) is 0.674. The van der Waals surface area contributed by atoms with E-state index in [1.54, 1.807) is 18.3 Å². The highest BCUT2D eigenvalue weighted by Crippen LogP contribution is 2.29. The average molecular weight is 336 g/mol. The third kappa shape index (κ3) is 3.40. The third-order valence-electron chi connectivity index (χ3n) is 4.39. The van der Waals surface area contributed by atoms with Crippen molar-refractivity contribution in [2.24, 2.45) is 0 Å². The first kappa shape index (κ1) is 16.8. The Kier molecular flexibility index (Phi) is 4.57. The largest absolute Gasteiger partial charge is 0.481 e. The first-order valence-corrected chi connectivity index (χ1v) is 8.07. The standard InChI is InChI=1S/C20H20N2O3/c1-22(2)14-9-7-13(8-10-14)19(23)11-16(20(24)25)17-12-21-18-6-4-3-5-15(17)18/h3-10,12,16,21H,11H2,1-2H3,(H,24,25). The zero-order chi connectivity index (χ0) is 18.0. The van der Waals surface area contributed by atoms with Gasteiger partial charge >= 0.3 is 5.97 Å². The molecule has 0 saturated heterocycles. The van der Waals surface area contributed by atoms with Crippen LogP contribution in [0.4, 0.5) is 5.69 Å². The van der Waals surface area contributed by atoms with Crippen molar-refractivity contribution in [3.05, 3.63) is 65.9 Å². The lowest BCUT2D eigenvalue weighted by Gasteiger charge is -2.14. The lowest BCUT2D eigenvalue weighted by molar-refractivity contribution is -0.138. The van der Waals surface area contributed by atoms with E-state index in [2.05, 4.69) is 4.98 Å². The van der Waals surface area contributed by atoms with Crippen molar-refractivity contribution in [1.29, 1.82) is 0 Å². The maximum absolute atomic E-state index is 12.6. The maximum atomic E-state index is 12.6. The van der Waals surface area contributed by atoms with Crippen LogP contribution in [0.15, 0.2) is 54.7 Å². The van der Waals surface area contributed by atoms with Gasteiger partial charge in [-0.05, 0) is 35.9 Å². The summed E-state index contributed by atoms with van der Waals surface area (Å²) in [5.41, 5.74) is 3.02. The summed E-state index contributed by atoms with van der Waals surface area (Å²) in [6, 6.07) is 14.7. The fourth-order valence-electron chi connectivity index (χ4n) is 2.96. The highest BCUT2D eigenvalue weighted by molar-refractivity contribution is 6.00. The summed E-state index contributed by atoms with van der Waals surface area (Å²) in [7, 11) is 3.85. The number of para-hydroxylation sites is 1. The zero-order valence-electron chi connectivity index (χ0n) is 14.2. The Balaban J connectivity index is 1.87. The number of carboxylic acid groups (broad SMARTS) is 1. The lowest BCUT2D eigenvalue weighted by Crippen LogP contribution is -2.16. The molecule has 3 aromatic rings. The molecule has 0 aliphatic rings. The summed E-state index contributed by atoms with van der Waals surface area (Å²) < 4.78 is 0. The number of carbonyl (C=O) groups excluding carboxylic acids is 1. The van der Waals surface area contributed by atoms with Crippen LogP contribution in [0.5, 0.6) is 0 Å². The second-order valence-corrected chi connectivity index (χ2v) is 6.25. The van der Waals surface area contributed by atoms with Crippen molar-refractivity contribution in [3.63, 3.8) is 0 Å². The number of benzene rings is 2. The van der Waals surface area contributed by atoms with Crippen LogP contribution in [0.3, 0.4) is 0 Å². The van der Waals surface area contributed by atoms with Gasteiger partial charge in [0.1, 0.15) is 0 Å². The topological polar surface area (TPSA) is 73.4 Å². The van der Waals surface area contributed by atoms with E-state index < -0.39 is 11.9 Å². The molecule has 128 valence electrons. The zero-order valence-corrected chi connectivity index (χ0v) is 14.2. The molecule has 2 N–H and O–H groups in total. The second-order valence-electron chi connectivity index (χ2n) is 6.25. The number of carboxylic acids is 1. The van der Waals surface area contributed by atoms with E-state index >= 15 is 0 Å². The molecular weight excluding hydrogens is 316 g/mol. The highest BCUT2D eigenvalue weighted by Gasteiger charge is 2.26. The predicted molar refractivity (Wildman–Crippen MR) is 98.4 cm³/mol. The normalized spacial score (nSPS) is 12.1. The number of aromatic nitrogens is 1. The van der Waals surface area contributed by atoms with Gasteiger partial charge in [-0.3, -0.25) is 9.59 Å². The van der Waals surface area contributed by atoms with Crippen molar-refractivity contribution in [3.8, 4) is 0 Å². The summed E-state index contributed by atoms with van der Waals surface area (Å²) >= 11 is 0. The fourth-order valence-corrected chi connectivity index (χ4v) is 2.96. The Labute approximate surface area is 145 Å². The molecule has 1 aromatic heterocycles. The molecule has 0 saturated carbocycles. The molecule has 1 atom stereocenters. The van der Waals surface area contributed by atoms with E-state index in [4.69, 9.17) is 0 Å². The summed E-state index contributed by atoms with van der Waals surface area (Å²) in [5.74, 6) is -2.05. The molecule has 5 nitrogen and oxygen atoms in total. The Morgan fingerprint density at radius 3 is 2.40 bits per heavy atom. The third-order valence-corrected chi connectivity index (χ3v) is 4.39. The first-order chi connectivity index (χ1) is 12.0. The van der Waals surface area contributed by atoms with Crippen molar-refractivity contribution >= 4 is 28.3 Å². The van der Waals surface area contributed by atoms with Gasteiger partial charge in [0.25, 0.3) is 0 Å². The molecule has 5 heteroatoms. The van der Waals surface area contributed by atoms with E-state index in [1.807, 2.05) is 55.4 Å². The van der Waals surface area contributed by atoms with Crippen molar-refractivity contribution in [1.82, 2.24) is 4.98 Å². The van der Waals surface area contributed by atoms with Gasteiger partial charge in [0.05, 0.1) is 5.92 Å². The Bertz CT molecular complexity index is 910. The number of fused-ring (bicyclic) bond motifs is 1. The summed E-state index contributed by atoms with van der Waals surface area (Å²) in [6.07, 6.45) is 1.62. The number of anilines is 1. The van der Waals surface area contributed by atoms with Gasteiger partial charge in [0.2, 0.25) is 0 Å². The number of ketones is 1. The number of nitrogens with one attached hydrogen (secondary N) is 1. The molecule has 0 radical (unpaired) electrons. The van der Waals surface area contributed by atoms with E-state index in [9.17, 15) is 14.7 Å². The number of rotatable bonds is 6. The number of nitrogens with zero attached hydrogens (tertiary/aromatic N) is 1. The van der Waals surface area contributed by atoms with Crippen LogP contribution in [-0.2, 0) is 4.79 Å². The molecule has 3 rings (SSSR count). The Morgan fingerprint density at radius 1 is 1.08 bits per heavy atom. The van der Waals surface area contributed by atoms with Gasteiger partial charge in [-0.15, -0.1) is 0 Å². The SMILES string of the molecule is CN(C)c1ccc(C(=O)CC(C(=O)O)c2c[nH]c3ccccc23)cc1. The molecule has 0 amide bonds. The number of carbonyl (C=O) groups is 2. The van der Waals surface area contributed by atoms with Gasteiger partial charge in [-0.1, -0.05) is 18.2 Å². The summed E-state index contributed by atoms with van der Waals surface area (Å²) in [6.45, 7) is 0. The molecule has 2 aromatic carbocycles. The Hall–Kier alpha value is -3.08. The number of aliphatic carboxylic acids is 1. The van der Waals surface area contributed by atoms with Crippen LogP contribution in [-0.4, -0.2) is 35.9 Å². The number of Topliss-reactive ketones (excluding diaryl/α,β-unsaturated/α-hetero) is 1. The molecule has 1 unspecified atom stereocenters. The Morgan fingerprint density at radius 2 is 1.76 bits per heavy atom. The van der Waals surface area contributed by atoms with Gasteiger partial charge in [-0.25, -0.2) is 0 Å². The second kappa shape index (κ2) is 6.81. The van der Waals surface area contributed by atoms with Crippen molar-refractivity contribution in [2.45, 2.75) is 12.3 Å². The van der Waals surface area contributed by atoms with Crippen LogP contribution >= 0.6 is 0 Å². The molecule has 0 aliphatic heterocycles. The fraction of sp³-hybridized carbons (Fsp3) is 0.200. The molecular formula is C20H20N2O3. The molecule has 0 bridgehead atoms. The van der Waals surface area contributed by atoms with Crippen LogP contribution < -0.4 is 4.90 Å². The van der Waals surface area contributed by atoms with Gasteiger partial charge < -0.3 is 15.0 Å². The average Bonchev–Trinajstić information content (AvgIpc) is 3.03. The van der Waals surface area contributed by atoms with Crippen LogP contribution in [0.2, 0.25) is 0 Å². The molecule has 1 heterocycles. The molecule has 0 spiro atoms. The van der Waals surface area contributed by atoms with Crippen LogP contribution in [0.1, 0.15) is 28.3 Å². The van der Waals surface area contributed by atoms with E-state index in [0.717, 1.165) is 16.6 Å². The molecule has 0 fully saturated rings. The minimum Gasteiger partial charge on any atom is -0.481 e. The van der Waals surface area contributed by atoms with Gasteiger partial charge in [-0.2, -0.15) is 0 Å². The highest BCUT2D eigenvalue weighted by atomic mass is 16.4.